The summed E-state index contributed by atoms with van der Waals surface area (Å²) in [6, 6.07) is 3.81. The fourth-order valence-corrected chi connectivity index (χ4v) is 3.46. The minimum absolute atomic E-state index is 0.218. The van der Waals surface area contributed by atoms with Gasteiger partial charge in [0, 0.05) is 38.8 Å². The van der Waals surface area contributed by atoms with E-state index in [4.69, 9.17) is 4.74 Å². The van der Waals surface area contributed by atoms with Gasteiger partial charge in [-0.05, 0) is 45.2 Å². The summed E-state index contributed by atoms with van der Waals surface area (Å²) in [5.74, 6) is 0.0200. The number of piperidine rings is 1. The Bertz CT molecular complexity index is 742. The molecule has 3 amide bonds. The molecule has 2 aliphatic heterocycles. The summed E-state index contributed by atoms with van der Waals surface area (Å²) in [5, 5.41) is 2.38. The summed E-state index contributed by atoms with van der Waals surface area (Å²) in [4.78, 5) is 44.0. The highest BCUT2D eigenvalue weighted by Gasteiger charge is 2.29. The highest BCUT2D eigenvalue weighted by Crippen LogP contribution is 2.25. The summed E-state index contributed by atoms with van der Waals surface area (Å²) in [6.07, 6.45) is 3.13. The summed E-state index contributed by atoms with van der Waals surface area (Å²) in [7, 11) is 0. The molecule has 1 aromatic heterocycles. The van der Waals surface area contributed by atoms with Crippen molar-refractivity contribution in [3.05, 3.63) is 23.9 Å². The number of pyridine rings is 1. The third-order valence-electron chi connectivity index (χ3n) is 4.88. The summed E-state index contributed by atoms with van der Waals surface area (Å²) < 4.78 is 5.47. The molecule has 0 bridgehead atoms. The fraction of sp³-hybridized carbons (Fsp3) is 0.600. The van der Waals surface area contributed by atoms with E-state index < -0.39 is 5.60 Å². The van der Waals surface area contributed by atoms with E-state index in [-0.39, 0.29) is 23.8 Å². The number of nitrogens with zero attached hydrogens (tertiary/aromatic N) is 3. The van der Waals surface area contributed by atoms with Crippen molar-refractivity contribution in [3.8, 4) is 0 Å². The monoisotopic (exact) mass is 388 g/mol. The van der Waals surface area contributed by atoms with Gasteiger partial charge in [0.25, 0.3) is 0 Å². The maximum Gasteiger partial charge on any atom is 0.410 e. The quantitative estimate of drug-likeness (QED) is 0.780. The number of hydrogen-bond acceptors (Lipinski definition) is 6. The molecule has 152 valence electrons. The normalized spacial score (nSPS) is 21.2. The van der Waals surface area contributed by atoms with Crippen LogP contribution in [0.5, 0.6) is 0 Å². The average molecular weight is 388 g/mol. The van der Waals surface area contributed by atoms with Crippen molar-refractivity contribution in [1.82, 2.24) is 15.2 Å². The van der Waals surface area contributed by atoms with Gasteiger partial charge in [0.15, 0.2) is 0 Å². The molecule has 28 heavy (non-hydrogen) atoms. The molecular formula is C20H28N4O4. The van der Waals surface area contributed by atoms with E-state index >= 15 is 0 Å². The lowest BCUT2D eigenvalue weighted by Crippen LogP contribution is -2.39. The molecule has 0 aromatic carbocycles. The van der Waals surface area contributed by atoms with Crippen LogP contribution in [0.15, 0.2) is 18.3 Å². The number of amides is 3. The smallest absolute Gasteiger partial charge is 0.410 e. The molecule has 2 saturated heterocycles. The van der Waals surface area contributed by atoms with Crippen LogP contribution in [0.1, 0.15) is 51.5 Å². The Labute approximate surface area is 165 Å². The SMILES string of the molecule is CC(C)(C)OC(=O)N1CCCN(c2ccc(C3CCC(=O)NC3=O)cn2)CC1. The fourth-order valence-electron chi connectivity index (χ4n) is 3.46. The molecule has 1 N–H and O–H groups in total. The van der Waals surface area contributed by atoms with Gasteiger partial charge < -0.3 is 14.5 Å². The van der Waals surface area contributed by atoms with Gasteiger partial charge in [-0.15, -0.1) is 0 Å². The van der Waals surface area contributed by atoms with E-state index in [0.29, 0.717) is 32.5 Å². The molecule has 1 atom stereocenters. The molecule has 1 aromatic rings. The van der Waals surface area contributed by atoms with E-state index in [1.807, 2.05) is 32.9 Å². The second-order valence-electron chi connectivity index (χ2n) is 8.26. The zero-order valence-corrected chi connectivity index (χ0v) is 16.7. The van der Waals surface area contributed by atoms with Crippen molar-refractivity contribution in [1.29, 1.82) is 0 Å². The van der Waals surface area contributed by atoms with Crippen molar-refractivity contribution < 1.29 is 19.1 Å². The van der Waals surface area contributed by atoms with E-state index in [9.17, 15) is 14.4 Å². The first-order chi connectivity index (χ1) is 13.2. The van der Waals surface area contributed by atoms with Gasteiger partial charge in [-0.1, -0.05) is 6.07 Å². The minimum atomic E-state index is -0.503. The van der Waals surface area contributed by atoms with Crippen LogP contribution in [0.25, 0.3) is 0 Å². The second kappa shape index (κ2) is 8.16. The summed E-state index contributed by atoms with van der Waals surface area (Å²) >= 11 is 0. The molecule has 0 spiro atoms. The highest BCUT2D eigenvalue weighted by molar-refractivity contribution is 6.00. The van der Waals surface area contributed by atoms with Gasteiger partial charge in [-0.2, -0.15) is 0 Å². The Morgan fingerprint density at radius 2 is 1.96 bits per heavy atom. The molecule has 1 unspecified atom stereocenters. The number of imide groups is 1. The molecular weight excluding hydrogens is 360 g/mol. The maximum atomic E-state index is 12.3. The zero-order valence-electron chi connectivity index (χ0n) is 16.7. The molecule has 3 rings (SSSR count). The van der Waals surface area contributed by atoms with E-state index in [1.165, 1.54) is 0 Å². The standard InChI is InChI=1S/C20H28N4O4/c1-20(2,3)28-19(27)24-10-4-9-23(11-12-24)16-7-5-14(13-21-16)15-6-8-17(25)22-18(15)26/h5,7,13,15H,4,6,8-12H2,1-3H3,(H,22,25,26). The van der Waals surface area contributed by atoms with E-state index in [2.05, 4.69) is 15.2 Å². The van der Waals surface area contributed by atoms with Crippen LogP contribution in [0.2, 0.25) is 0 Å². The van der Waals surface area contributed by atoms with Crippen LogP contribution in [-0.4, -0.2) is 59.6 Å². The van der Waals surface area contributed by atoms with Crippen molar-refractivity contribution in [2.45, 2.75) is 51.6 Å². The molecule has 0 saturated carbocycles. The van der Waals surface area contributed by atoms with Crippen molar-refractivity contribution in [2.24, 2.45) is 0 Å². The van der Waals surface area contributed by atoms with E-state index in [0.717, 1.165) is 24.3 Å². The Kier molecular flexibility index (Phi) is 5.86. The number of nitrogens with one attached hydrogen (secondary N) is 1. The van der Waals surface area contributed by atoms with Gasteiger partial charge in [-0.3, -0.25) is 14.9 Å². The number of anilines is 1. The molecule has 0 aliphatic carbocycles. The molecule has 2 fully saturated rings. The lowest BCUT2D eigenvalue weighted by molar-refractivity contribution is -0.134. The Morgan fingerprint density at radius 1 is 1.18 bits per heavy atom. The third-order valence-corrected chi connectivity index (χ3v) is 4.88. The van der Waals surface area contributed by atoms with Gasteiger partial charge in [0.2, 0.25) is 11.8 Å². The van der Waals surface area contributed by atoms with Crippen LogP contribution in [0.4, 0.5) is 10.6 Å². The first kappa shape index (κ1) is 20.1. The number of carbonyl (C=O) groups is 3. The average Bonchev–Trinajstić information content (AvgIpc) is 2.87. The molecule has 8 nitrogen and oxygen atoms in total. The number of carbonyl (C=O) groups excluding carboxylic acids is 3. The predicted molar refractivity (Wildman–Crippen MR) is 104 cm³/mol. The van der Waals surface area contributed by atoms with Crippen LogP contribution in [0, 0.1) is 0 Å². The first-order valence-electron chi connectivity index (χ1n) is 9.75. The van der Waals surface area contributed by atoms with E-state index in [1.54, 1.807) is 11.1 Å². The largest absolute Gasteiger partial charge is 0.444 e. The maximum absolute atomic E-state index is 12.3. The third kappa shape index (κ3) is 4.99. The second-order valence-corrected chi connectivity index (χ2v) is 8.26. The summed E-state index contributed by atoms with van der Waals surface area (Å²) in [5.41, 5.74) is 0.315. The van der Waals surface area contributed by atoms with Gasteiger partial charge in [-0.25, -0.2) is 9.78 Å². The Morgan fingerprint density at radius 3 is 2.61 bits per heavy atom. The lowest BCUT2D eigenvalue weighted by atomic mass is 9.92. The minimum Gasteiger partial charge on any atom is -0.444 e. The number of rotatable bonds is 2. The van der Waals surface area contributed by atoms with Crippen molar-refractivity contribution in [3.63, 3.8) is 0 Å². The van der Waals surface area contributed by atoms with Crippen molar-refractivity contribution >= 4 is 23.7 Å². The first-order valence-corrected chi connectivity index (χ1v) is 9.75. The van der Waals surface area contributed by atoms with Crippen LogP contribution < -0.4 is 10.2 Å². The molecule has 2 aliphatic rings. The van der Waals surface area contributed by atoms with Crippen LogP contribution >= 0.6 is 0 Å². The number of aromatic nitrogens is 1. The summed E-state index contributed by atoms with van der Waals surface area (Å²) in [6.45, 7) is 8.29. The van der Waals surface area contributed by atoms with Crippen LogP contribution in [-0.2, 0) is 14.3 Å². The predicted octanol–water partition coefficient (Wildman–Crippen LogP) is 2.05. The number of ether oxygens (including phenoxy) is 1. The Hall–Kier alpha value is -2.64. The highest BCUT2D eigenvalue weighted by atomic mass is 16.6. The molecule has 0 radical (unpaired) electrons. The van der Waals surface area contributed by atoms with Crippen LogP contribution in [0.3, 0.4) is 0 Å². The topological polar surface area (TPSA) is 91.8 Å². The Balaban J connectivity index is 1.61. The van der Waals surface area contributed by atoms with Crippen molar-refractivity contribution in [2.75, 3.05) is 31.1 Å². The van der Waals surface area contributed by atoms with Gasteiger partial charge in [0.1, 0.15) is 11.4 Å². The zero-order chi connectivity index (χ0) is 20.3. The molecule has 8 heteroatoms. The lowest BCUT2D eigenvalue weighted by Gasteiger charge is -2.26. The van der Waals surface area contributed by atoms with Gasteiger partial charge >= 0.3 is 6.09 Å². The molecule has 3 heterocycles. The van der Waals surface area contributed by atoms with Gasteiger partial charge in [0.05, 0.1) is 5.92 Å². The number of hydrogen-bond donors (Lipinski definition) is 1.